The molecular weight excluding hydrogens is 269 g/mol. The Bertz CT molecular complexity index is 628. The Balaban J connectivity index is 2.01. The van der Waals surface area contributed by atoms with Gasteiger partial charge in [0, 0.05) is 25.6 Å². The third kappa shape index (κ3) is 3.81. The van der Waals surface area contributed by atoms with E-state index in [2.05, 4.69) is 0 Å². The number of Topliss-reactive ketones (excluding diaryl/α,β-unsaturated/α-hetero) is 1. The first kappa shape index (κ1) is 15.0. The van der Waals surface area contributed by atoms with Crippen LogP contribution in [0, 0.1) is 5.82 Å². The van der Waals surface area contributed by atoms with Gasteiger partial charge < -0.3 is 9.64 Å². The smallest absolute Gasteiger partial charge is 0.164 e. The Hall–Kier alpha value is -2.36. The van der Waals surface area contributed by atoms with Crippen LogP contribution in [-0.4, -0.2) is 26.5 Å². The molecule has 0 N–H and O–H groups in total. The van der Waals surface area contributed by atoms with Crippen molar-refractivity contribution in [1.82, 2.24) is 0 Å². The van der Waals surface area contributed by atoms with E-state index in [-0.39, 0.29) is 11.6 Å². The minimum Gasteiger partial charge on any atom is -0.495 e. The Labute approximate surface area is 124 Å². The van der Waals surface area contributed by atoms with E-state index in [9.17, 15) is 9.18 Å². The van der Waals surface area contributed by atoms with Crippen molar-refractivity contribution in [3.05, 3.63) is 59.9 Å². The number of ketones is 1. The van der Waals surface area contributed by atoms with Gasteiger partial charge in [0.25, 0.3) is 0 Å². The maximum Gasteiger partial charge on any atom is 0.164 e. The van der Waals surface area contributed by atoms with Crippen molar-refractivity contribution >= 4 is 11.5 Å². The maximum atomic E-state index is 13.1. The molecule has 0 saturated carbocycles. The van der Waals surface area contributed by atoms with Gasteiger partial charge in [-0.05, 0) is 24.3 Å². The Morgan fingerprint density at radius 3 is 2.67 bits per heavy atom. The molecule has 0 atom stereocenters. The highest BCUT2D eigenvalue weighted by atomic mass is 19.1. The van der Waals surface area contributed by atoms with Crippen LogP contribution in [0.15, 0.2) is 48.5 Å². The second-order valence-electron chi connectivity index (χ2n) is 4.78. The van der Waals surface area contributed by atoms with Crippen LogP contribution in [0.25, 0.3) is 0 Å². The van der Waals surface area contributed by atoms with Crippen molar-refractivity contribution in [2.24, 2.45) is 0 Å². The third-order valence-corrected chi connectivity index (χ3v) is 3.32. The van der Waals surface area contributed by atoms with Crippen LogP contribution in [0.2, 0.25) is 0 Å². The molecular formula is C17H18FNO2. The van der Waals surface area contributed by atoms with E-state index in [0.29, 0.717) is 18.5 Å². The number of halogens is 1. The number of hydrogen-bond donors (Lipinski definition) is 0. The fourth-order valence-corrected chi connectivity index (χ4v) is 2.14. The van der Waals surface area contributed by atoms with Gasteiger partial charge in [0.05, 0.1) is 12.8 Å². The van der Waals surface area contributed by atoms with E-state index < -0.39 is 0 Å². The van der Waals surface area contributed by atoms with Crippen LogP contribution in [-0.2, 0) is 0 Å². The molecule has 0 aliphatic carbocycles. The van der Waals surface area contributed by atoms with Gasteiger partial charge in [-0.1, -0.05) is 24.3 Å². The van der Waals surface area contributed by atoms with Gasteiger partial charge in [-0.25, -0.2) is 4.39 Å². The van der Waals surface area contributed by atoms with E-state index >= 15 is 0 Å². The first-order chi connectivity index (χ1) is 10.1. The number of anilines is 1. The first-order valence-electron chi connectivity index (χ1n) is 6.74. The summed E-state index contributed by atoms with van der Waals surface area (Å²) in [7, 11) is 3.52. The lowest BCUT2D eigenvalue weighted by Crippen LogP contribution is -2.21. The summed E-state index contributed by atoms with van der Waals surface area (Å²) >= 11 is 0. The summed E-state index contributed by atoms with van der Waals surface area (Å²) < 4.78 is 18.4. The van der Waals surface area contributed by atoms with E-state index in [1.54, 1.807) is 19.2 Å². The fourth-order valence-electron chi connectivity index (χ4n) is 2.14. The van der Waals surface area contributed by atoms with Crippen molar-refractivity contribution in [3.63, 3.8) is 0 Å². The summed E-state index contributed by atoms with van der Waals surface area (Å²) in [5.74, 6) is 0.299. The monoisotopic (exact) mass is 287 g/mol. The zero-order chi connectivity index (χ0) is 15.2. The predicted molar refractivity (Wildman–Crippen MR) is 81.6 cm³/mol. The van der Waals surface area contributed by atoms with Crippen LogP contribution in [0.5, 0.6) is 5.75 Å². The number of nitrogens with zero attached hydrogens (tertiary/aromatic N) is 1. The van der Waals surface area contributed by atoms with Crippen molar-refractivity contribution in [3.8, 4) is 5.75 Å². The van der Waals surface area contributed by atoms with E-state index in [0.717, 1.165) is 11.4 Å². The first-order valence-corrected chi connectivity index (χ1v) is 6.74. The zero-order valence-corrected chi connectivity index (χ0v) is 12.2. The number of hydrogen-bond acceptors (Lipinski definition) is 3. The van der Waals surface area contributed by atoms with Crippen LogP contribution < -0.4 is 9.64 Å². The lowest BCUT2D eigenvalue weighted by Gasteiger charge is -2.21. The lowest BCUT2D eigenvalue weighted by atomic mass is 10.1. The SMILES string of the molecule is COc1ccccc1N(C)CCC(=O)c1cccc(F)c1. The fraction of sp³-hybridized carbons (Fsp3) is 0.235. The van der Waals surface area contributed by atoms with Crippen LogP contribution >= 0.6 is 0 Å². The number of rotatable bonds is 6. The zero-order valence-electron chi connectivity index (χ0n) is 12.2. The molecule has 0 aromatic heterocycles. The summed E-state index contributed by atoms with van der Waals surface area (Å²) in [5, 5.41) is 0. The summed E-state index contributed by atoms with van der Waals surface area (Å²) in [6.07, 6.45) is 0.317. The molecule has 0 aliphatic rings. The van der Waals surface area contributed by atoms with Gasteiger partial charge in [-0.15, -0.1) is 0 Å². The number of para-hydroxylation sites is 2. The third-order valence-electron chi connectivity index (χ3n) is 3.32. The van der Waals surface area contributed by atoms with Gasteiger partial charge in [0.15, 0.2) is 5.78 Å². The second-order valence-corrected chi connectivity index (χ2v) is 4.78. The van der Waals surface area contributed by atoms with E-state index in [4.69, 9.17) is 4.74 Å². The highest BCUT2D eigenvalue weighted by molar-refractivity contribution is 5.96. The minimum atomic E-state index is -0.390. The summed E-state index contributed by atoms with van der Waals surface area (Å²) in [5.41, 5.74) is 1.33. The van der Waals surface area contributed by atoms with E-state index in [1.165, 1.54) is 12.1 Å². The van der Waals surface area contributed by atoms with Gasteiger partial charge in [0.2, 0.25) is 0 Å². The quantitative estimate of drug-likeness (QED) is 0.761. The molecule has 110 valence electrons. The topological polar surface area (TPSA) is 29.5 Å². The molecule has 4 heteroatoms. The average Bonchev–Trinajstić information content (AvgIpc) is 2.52. The maximum absolute atomic E-state index is 13.1. The molecule has 0 spiro atoms. The lowest BCUT2D eigenvalue weighted by molar-refractivity contribution is 0.0984. The average molecular weight is 287 g/mol. The molecule has 2 rings (SSSR count). The standard InChI is InChI=1S/C17H18FNO2/c1-19(15-8-3-4-9-17(15)21-2)11-10-16(20)13-6-5-7-14(18)12-13/h3-9,12H,10-11H2,1-2H3. The molecule has 2 aromatic carbocycles. The normalized spacial score (nSPS) is 10.2. The van der Waals surface area contributed by atoms with Crippen molar-refractivity contribution in [2.45, 2.75) is 6.42 Å². The Morgan fingerprint density at radius 2 is 1.95 bits per heavy atom. The number of methoxy groups -OCH3 is 1. The number of benzene rings is 2. The number of carbonyl (C=O) groups excluding carboxylic acids is 1. The van der Waals surface area contributed by atoms with Crippen LogP contribution in [0.4, 0.5) is 10.1 Å². The van der Waals surface area contributed by atoms with Crippen LogP contribution in [0.3, 0.4) is 0 Å². The Morgan fingerprint density at radius 1 is 1.19 bits per heavy atom. The van der Waals surface area contributed by atoms with Crippen molar-refractivity contribution < 1.29 is 13.9 Å². The van der Waals surface area contributed by atoms with Crippen LogP contribution in [0.1, 0.15) is 16.8 Å². The summed E-state index contributed by atoms with van der Waals surface area (Å²) in [4.78, 5) is 14.0. The van der Waals surface area contributed by atoms with Crippen molar-refractivity contribution in [2.75, 3.05) is 25.6 Å². The molecule has 0 aliphatic heterocycles. The van der Waals surface area contributed by atoms with E-state index in [1.807, 2.05) is 36.2 Å². The van der Waals surface area contributed by atoms with Gasteiger partial charge >= 0.3 is 0 Å². The molecule has 0 bridgehead atoms. The molecule has 0 unspecified atom stereocenters. The molecule has 2 aromatic rings. The molecule has 0 radical (unpaired) electrons. The number of ether oxygens (including phenoxy) is 1. The Kier molecular flexibility index (Phi) is 4.93. The molecule has 0 heterocycles. The minimum absolute atomic E-state index is 0.0729. The van der Waals surface area contributed by atoms with Gasteiger partial charge in [0.1, 0.15) is 11.6 Å². The molecule has 21 heavy (non-hydrogen) atoms. The molecule has 0 amide bonds. The van der Waals surface area contributed by atoms with Gasteiger partial charge in [-0.3, -0.25) is 4.79 Å². The summed E-state index contributed by atoms with van der Waals surface area (Å²) in [6, 6.07) is 13.4. The molecule has 3 nitrogen and oxygen atoms in total. The predicted octanol–water partition coefficient (Wildman–Crippen LogP) is 3.54. The highest BCUT2D eigenvalue weighted by Crippen LogP contribution is 2.26. The molecule has 0 fully saturated rings. The number of carbonyl (C=O) groups is 1. The summed E-state index contributed by atoms with van der Waals surface area (Å²) in [6.45, 7) is 0.537. The second kappa shape index (κ2) is 6.88. The highest BCUT2D eigenvalue weighted by Gasteiger charge is 2.11. The molecule has 0 saturated heterocycles. The van der Waals surface area contributed by atoms with Gasteiger partial charge in [-0.2, -0.15) is 0 Å². The van der Waals surface area contributed by atoms with Crippen molar-refractivity contribution in [1.29, 1.82) is 0 Å². The largest absolute Gasteiger partial charge is 0.495 e.